The summed E-state index contributed by atoms with van der Waals surface area (Å²) in [7, 11) is 0. The van der Waals surface area contributed by atoms with Crippen LogP contribution in [0.25, 0.3) is 0 Å². The molecule has 8 atom stereocenters. The molecule has 0 aromatic heterocycles. The average Bonchev–Trinajstić information content (AvgIpc) is 2.87. The Balaban J connectivity index is 1.78. The Labute approximate surface area is 164 Å². The third-order valence-electron chi connectivity index (χ3n) is 8.23. The van der Waals surface area contributed by atoms with Crippen LogP contribution in [0.15, 0.2) is 23.8 Å². The predicted molar refractivity (Wildman–Crippen MR) is 100 cm³/mol. The summed E-state index contributed by atoms with van der Waals surface area (Å²) >= 11 is 6.70. The minimum atomic E-state index is -1.62. The highest BCUT2D eigenvalue weighted by molar-refractivity contribution is 6.23. The van der Waals surface area contributed by atoms with Gasteiger partial charge in [-0.1, -0.05) is 19.9 Å². The van der Waals surface area contributed by atoms with Crippen molar-refractivity contribution in [3.8, 4) is 0 Å². The number of carbonyl (C=O) groups excluding carboxylic acids is 2. The van der Waals surface area contributed by atoms with Crippen LogP contribution in [0.1, 0.15) is 39.5 Å². The number of carbonyl (C=O) groups is 2. The van der Waals surface area contributed by atoms with Gasteiger partial charge in [-0.25, -0.2) is 0 Å². The summed E-state index contributed by atoms with van der Waals surface area (Å²) in [4.78, 5) is 24.3. The van der Waals surface area contributed by atoms with Crippen LogP contribution in [0.4, 0.5) is 0 Å². The molecule has 0 radical (unpaired) electrons. The van der Waals surface area contributed by atoms with Gasteiger partial charge in [-0.15, -0.1) is 11.6 Å². The number of alkyl halides is 1. The van der Waals surface area contributed by atoms with Crippen LogP contribution in [0.2, 0.25) is 0 Å². The van der Waals surface area contributed by atoms with Crippen LogP contribution in [0, 0.1) is 28.6 Å². The van der Waals surface area contributed by atoms with Gasteiger partial charge in [-0.05, 0) is 55.2 Å². The molecule has 1 unspecified atom stereocenters. The second-order valence-corrected chi connectivity index (χ2v) is 9.81. The Kier molecular flexibility index (Phi) is 4.29. The molecule has 3 N–H and O–H groups in total. The number of allylic oxidation sites excluding steroid dienone is 4. The van der Waals surface area contributed by atoms with Crippen LogP contribution >= 0.6 is 11.6 Å². The molecule has 5 nitrogen and oxygen atoms in total. The van der Waals surface area contributed by atoms with Gasteiger partial charge in [0.15, 0.2) is 11.6 Å². The van der Waals surface area contributed by atoms with Crippen LogP contribution in [-0.2, 0) is 9.59 Å². The lowest BCUT2D eigenvalue weighted by Gasteiger charge is -2.60. The summed E-state index contributed by atoms with van der Waals surface area (Å²) in [6.45, 7) is 3.20. The van der Waals surface area contributed by atoms with Crippen molar-refractivity contribution >= 4 is 23.2 Å². The van der Waals surface area contributed by atoms with E-state index >= 15 is 0 Å². The molecule has 3 saturated carbocycles. The summed E-state index contributed by atoms with van der Waals surface area (Å²) < 4.78 is 0. The zero-order valence-electron chi connectivity index (χ0n) is 15.7. The van der Waals surface area contributed by atoms with Crippen LogP contribution < -0.4 is 0 Å². The zero-order valence-corrected chi connectivity index (χ0v) is 16.4. The van der Waals surface area contributed by atoms with Crippen LogP contribution in [0.5, 0.6) is 0 Å². The molecule has 0 amide bonds. The lowest BCUT2D eigenvalue weighted by atomic mass is 9.46. The lowest BCUT2D eigenvalue weighted by Crippen LogP contribution is -2.62. The van der Waals surface area contributed by atoms with Gasteiger partial charge in [-0.2, -0.15) is 0 Å². The maximum absolute atomic E-state index is 12.4. The number of halogens is 1. The summed E-state index contributed by atoms with van der Waals surface area (Å²) in [5.74, 6) is -0.705. The first-order chi connectivity index (χ1) is 12.6. The Morgan fingerprint density at radius 2 is 2.07 bits per heavy atom. The summed E-state index contributed by atoms with van der Waals surface area (Å²) in [6, 6.07) is 0. The molecular weight excluding hydrogens is 368 g/mol. The van der Waals surface area contributed by atoms with Gasteiger partial charge in [0.25, 0.3) is 0 Å². The summed E-state index contributed by atoms with van der Waals surface area (Å²) in [6.07, 6.45) is 6.16. The summed E-state index contributed by atoms with van der Waals surface area (Å²) in [5, 5.41) is 31.4. The minimum Gasteiger partial charge on any atom is -0.393 e. The second-order valence-electron chi connectivity index (χ2n) is 9.29. The van der Waals surface area contributed by atoms with Gasteiger partial charge in [0, 0.05) is 16.7 Å². The second kappa shape index (κ2) is 5.99. The van der Waals surface area contributed by atoms with Crippen molar-refractivity contribution in [1.82, 2.24) is 0 Å². The first-order valence-electron chi connectivity index (χ1n) is 9.72. The number of fused-ring (bicyclic) bond motifs is 5. The summed E-state index contributed by atoms with van der Waals surface area (Å²) in [5.41, 5.74) is -2.06. The molecule has 4 rings (SSSR count). The SMILES string of the molecule is C[C@]12C=CC(=O)C=C1C(Cl)C[C@@H]1[C@@H]2[C@@H](O)C[C@@]2(C)[C@H]1CC[C@]2(O)C(=O)CO. The Bertz CT molecular complexity index is 760. The Morgan fingerprint density at radius 1 is 1.37 bits per heavy atom. The van der Waals surface area contributed by atoms with E-state index < -0.39 is 34.9 Å². The number of Topliss-reactive ketones (excluding diaryl/α,β-unsaturated/α-hetero) is 1. The van der Waals surface area contributed by atoms with Crippen LogP contribution in [0.3, 0.4) is 0 Å². The molecule has 27 heavy (non-hydrogen) atoms. The van der Waals surface area contributed by atoms with Crippen LogP contribution in [-0.4, -0.2) is 50.6 Å². The van der Waals surface area contributed by atoms with E-state index in [0.29, 0.717) is 25.7 Å². The van der Waals surface area contributed by atoms with Gasteiger partial charge >= 0.3 is 0 Å². The highest BCUT2D eigenvalue weighted by Gasteiger charge is 2.68. The number of aliphatic hydroxyl groups is 3. The molecule has 4 aliphatic carbocycles. The molecule has 0 heterocycles. The van der Waals surface area contributed by atoms with Gasteiger partial charge in [-0.3, -0.25) is 9.59 Å². The van der Waals surface area contributed by atoms with E-state index in [9.17, 15) is 24.9 Å². The van der Waals surface area contributed by atoms with E-state index in [4.69, 9.17) is 11.6 Å². The van der Waals surface area contributed by atoms with Crippen molar-refractivity contribution in [3.05, 3.63) is 23.8 Å². The van der Waals surface area contributed by atoms with Crippen molar-refractivity contribution < 1.29 is 24.9 Å². The molecule has 0 aliphatic heterocycles. The van der Waals surface area contributed by atoms with Gasteiger partial charge in [0.05, 0.1) is 11.5 Å². The van der Waals surface area contributed by atoms with Crippen molar-refractivity contribution in [2.45, 2.75) is 56.6 Å². The van der Waals surface area contributed by atoms with Gasteiger partial charge < -0.3 is 15.3 Å². The Morgan fingerprint density at radius 3 is 2.74 bits per heavy atom. The highest BCUT2D eigenvalue weighted by Crippen LogP contribution is 2.67. The Hall–Kier alpha value is -1.01. The monoisotopic (exact) mass is 394 g/mol. The number of hydrogen-bond acceptors (Lipinski definition) is 5. The third kappa shape index (κ3) is 2.35. The number of aliphatic hydroxyl groups excluding tert-OH is 2. The lowest BCUT2D eigenvalue weighted by molar-refractivity contribution is -0.178. The standard InChI is InChI=1S/C21H27ClO5/c1-19-5-3-11(24)7-14(19)15(22)8-12-13-4-6-21(27,17(26)10-23)20(13,2)9-16(25)18(12)19/h3,5,7,12-13,15-16,18,23,25,27H,4,6,8-10H2,1-2H3/t12-,13-,15?,16-,18+,19-,20-,21-/m0/s1. The fourth-order valence-electron chi connectivity index (χ4n) is 6.93. The van der Waals surface area contributed by atoms with E-state index in [2.05, 4.69) is 0 Å². The first-order valence-corrected chi connectivity index (χ1v) is 10.2. The maximum atomic E-state index is 12.4. The molecule has 6 heteroatoms. The van der Waals surface area contributed by atoms with Crippen molar-refractivity contribution in [2.24, 2.45) is 28.6 Å². The average molecular weight is 395 g/mol. The number of rotatable bonds is 2. The predicted octanol–water partition coefficient (Wildman–Crippen LogP) is 1.77. The normalized spacial score (nSPS) is 51.3. The molecule has 0 aromatic rings. The quantitative estimate of drug-likeness (QED) is 0.620. The van der Waals surface area contributed by atoms with E-state index in [1.165, 1.54) is 0 Å². The van der Waals surface area contributed by atoms with Gasteiger partial charge in [0.1, 0.15) is 12.2 Å². The molecule has 4 aliphatic rings. The first kappa shape index (κ1) is 19.3. The maximum Gasteiger partial charge on any atom is 0.190 e. The number of ketones is 2. The molecule has 0 spiro atoms. The van der Waals surface area contributed by atoms with E-state index in [0.717, 1.165) is 5.57 Å². The van der Waals surface area contributed by atoms with Crippen molar-refractivity contribution in [3.63, 3.8) is 0 Å². The zero-order chi connectivity index (χ0) is 19.8. The molecule has 0 bridgehead atoms. The van der Waals surface area contributed by atoms with Crippen molar-refractivity contribution in [1.29, 1.82) is 0 Å². The molecular formula is C21H27ClO5. The number of hydrogen-bond donors (Lipinski definition) is 3. The molecule has 0 aromatic carbocycles. The molecule has 3 fully saturated rings. The van der Waals surface area contributed by atoms with Gasteiger partial charge in [0.2, 0.25) is 0 Å². The van der Waals surface area contributed by atoms with E-state index in [1.807, 2.05) is 19.9 Å². The molecule has 0 saturated heterocycles. The minimum absolute atomic E-state index is 0.0250. The largest absolute Gasteiger partial charge is 0.393 e. The fraction of sp³-hybridized carbons (Fsp3) is 0.714. The third-order valence-corrected chi connectivity index (χ3v) is 8.65. The fourth-order valence-corrected chi connectivity index (χ4v) is 7.43. The topological polar surface area (TPSA) is 94.8 Å². The van der Waals surface area contributed by atoms with Crippen molar-refractivity contribution in [2.75, 3.05) is 6.61 Å². The smallest absolute Gasteiger partial charge is 0.190 e. The van der Waals surface area contributed by atoms with E-state index in [1.54, 1.807) is 12.2 Å². The van der Waals surface area contributed by atoms with E-state index in [-0.39, 0.29) is 28.9 Å². The highest BCUT2D eigenvalue weighted by atomic mass is 35.5. The molecule has 148 valence electrons.